The zero-order chi connectivity index (χ0) is 25.5. The highest BCUT2D eigenvalue weighted by molar-refractivity contribution is 6.34. The van der Waals surface area contributed by atoms with Gasteiger partial charge >= 0.3 is 6.18 Å². The number of aryl methyl sites for hydroxylation is 1. The van der Waals surface area contributed by atoms with Crippen LogP contribution in [0.15, 0.2) is 41.6 Å². The molecule has 2 amide bonds. The number of nitrogens with zero attached hydrogens (tertiary/aromatic N) is 3. The number of carbonyl (C=O) groups excluding carboxylic acids is 2. The van der Waals surface area contributed by atoms with Gasteiger partial charge in [-0.15, -0.1) is 0 Å². The van der Waals surface area contributed by atoms with E-state index in [9.17, 15) is 22.8 Å². The average Bonchev–Trinajstić information content (AvgIpc) is 3.16. The fourth-order valence-corrected chi connectivity index (χ4v) is 4.75. The largest absolute Gasteiger partial charge is 0.406 e. The lowest BCUT2D eigenvalue weighted by molar-refractivity contribution is -0.164. The summed E-state index contributed by atoms with van der Waals surface area (Å²) in [5, 5.41) is 5.22. The second kappa shape index (κ2) is 9.35. The summed E-state index contributed by atoms with van der Waals surface area (Å²) in [5.41, 5.74) is 2.49. The molecule has 0 aliphatic carbocycles. The summed E-state index contributed by atoms with van der Waals surface area (Å²) in [6.45, 7) is 1.80. The van der Waals surface area contributed by atoms with Crippen molar-refractivity contribution >= 4 is 40.7 Å². The Hall–Kier alpha value is -2.78. The first-order valence-electron chi connectivity index (χ1n) is 10.8. The second-order valence-electron chi connectivity index (χ2n) is 8.88. The molecule has 2 aliphatic rings. The molecule has 0 radical (unpaired) electrons. The van der Waals surface area contributed by atoms with Gasteiger partial charge in [-0.25, -0.2) is 0 Å². The Morgan fingerprint density at radius 2 is 1.83 bits per heavy atom. The maximum Gasteiger partial charge on any atom is 0.406 e. The molecule has 0 bridgehead atoms. The first-order chi connectivity index (χ1) is 16.3. The number of alkyl halides is 3. The highest BCUT2D eigenvalue weighted by Gasteiger charge is 2.38. The topological polar surface area (TPSA) is 62.2 Å². The molecule has 4 rings (SSSR count). The van der Waals surface area contributed by atoms with E-state index in [1.54, 1.807) is 43.3 Å². The van der Waals surface area contributed by atoms with Gasteiger partial charge < -0.3 is 14.6 Å². The van der Waals surface area contributed by atoms with E-state index in [2.05, 4.69) is 5.16 Å². The second-order valence-corrected chi connectivity index (χ2v) is 9.75. The molecular weight excluding hydrogens is 506 g/mol. The number of oxime groups is 1. The Labute approximate surface area is 210 Å². The minimum absolute atomic E-state index is 0.0307. The lowest BCUT2D eigenvalue weighted by Gasteiger charge is -2.34. The lowest BCUT2D eigenvalue weighted by atomic mass is 9.88. The molecule has 186 valence electrons. The van der Waals surface area contributed by atoms with Gasteiger partial charge in [0.15, 0.2) is 5.60 Å². The molecule has 1 atom stereocenters. The van der Waals surface area contributed by atoms with Crippen molar-refractivity contribution in [3.63, 3.8) is 0 Å². The molecule has 6 nitrogen and oxygen atoms in total. The van der Waals surface area contributed by atoms with E-state index >= 15 is 0 Å². The number of hydrogen-bond donors (Lipinski definition) is 0. The SMILES string of the molecule is Cc1cc(C2=NOC(C)(c3cc(Cl)cc(Cl)c3)C2)ccc1C(=O)N1CCN(CC(F)(F)F)C(=O)C1. The van der Waals surface area contributed by atoms with Gasteiger partial charge in [-0.05, 0) is 55.3 Å². The van der Waals surface area contributed by atoms with Crippen LogP contribution in [0.3, 0.4) is 0 Å². The van der Waals surface area contributed by atoms with Crippen molar-refractivity contribution in [2.45, 2.75) is 32.0 Å². The zero-order valence-corrected chi connectivity index (χ0v) is 20.5. The zero-order valence-electron chi connectivity index (χ0n) is 19.0. The summed E-state index contributed by atoms with van der Waals surface area (Å²) in [6.07, 6.45) is -4.03. The van der Waals surface area contributed by atoms with Crippen molar-refractivity contribution < 1.29 is 27.6 Å². The summed E-state index contributed by atoms with van der Waals surface area (Å²) >= 11 is 12.3. The van der Waals surface area contributed by atoms with E-state index in [-0.39, 0.29) is 13.1 Å². The maximum atomic E-state index is 13.0. The molecule has 0 saturated carbocycles. The lowest BCUT2D eigenvalue weighted by Crippen LogP contribution is -2.54. The molecule has 2 aliphatic heterocycles. The van der Waals surface area contributed by atoms with Gasteiger partial charge in [-0.1, -0.05) is 34.4 Å². The Morgan fingerprint density at radius 3 is 2.43 bits per heavy atom. The Kier molecular flexibility index (Phi) is 6.76. The number of rotatable bonds is 4. The van der Waals surface area contributed by atoms with Crippen LogP contribution in [0.5, 0.6) is 0 Å². The van der Waals surface area contributed by atoms with Crippen LogP contribution in [-0.4, -0.2) is 59.7 Å². The van der Waals surface area contributed by atoms with E-state index in [0.717, 1.165) is 16.0 Å². The van der Waals surface area contributed by atoms with Gasteiger partial charge in [0.25, 0.3) is 5.91 Å². The van der Waals surface area contributed by atoms with E-state index in [0.29, 0.717) is 33.3 Å². The Balaban J connectivity index is 1.46. The van der Waals surface area contributed by atoms with Crippen LogP contribution in [0.1, 0.15) is 40.4 Å². The standard InChI is InChI=1S/C24H22Cl2F3N3O3/c1-14-7-15(20-11-23(2,35-30-20)16-8-17(25)10-18(26)9-16)3-4-19(14)22(34)31-5-6-32(21(33)12-31)13-24(27,28)29/h3-4,7-10H,5-6,11-13H2,1-2H3. The quantitative estimate of drug-likeness (QED) is 0.549. The molecule has 35 heavy (non-hydrogen) atoms. The third-order valence-corrected chi connectivity index (χ3v) is 6.54. The number of amides is 2. The molecule has 2 aromatic carbocycles. The predicted molar refractivity (Wildman–Crippen MR) is 126 cm³/mol. The van der Waals surface area contributed by atoms with Crippen molar-refractivity contribution in [1.29, 1.82) is 0 Å². The van der Waals surface area contributed by atoms with Gasteiger partial charge in [-0.3, -0.25) is 9.59 Å². The van der Waals surface area contributed by atoms with Gasteiger partial charge in [0.05, 0.1) is 5.71 Å². The van der Waals surface area contributed by atoms with Crippen molar-refractivity contribution in [1.82, 2.24) is 9.80 Å². The van der Waals surface area contributed by atoms with Gasteiger partial charge in [0.2, 0.25) is 5.91 Å². The molecule has 2 heterocycles. The smallest absolute Gasteiger partial charge is 0.384 e. The van der Waals surface area contributed by atoms with E-state index in [4.69, 9.17) is 28.0 Å². The summed E-state index contributed by atoms with van der Waals surface area (Å²) in [7, 11) is 0. The van der Waals surface area contributed by atoms with Crippen molar-refractivity contribution in [3.8, 4) is 0 Å². The minimum Gasteiger partial charge on any atom is -0.384 e. The Bertz CT molecular complexity index is 1200. The maximum absolute atomic E-state index is 13.0. The number of carbonyl (C=O) groups is 2. The van der Waals surface area contributed by atoms with Gasteiger partial charge in [0.1, 0.15) is 13.1 Å². The van der Waals surface area contributed by atoms with Crippen LogP contribution in [0.25, 0.3) is 0 Å². The number of benzene rings is 2. The van der Waals surface area contributed by atoms with Gasteiger partial charge in [0, 0.05) is 40.7 Å². The molecule has 0 aromatic heterocycles. The van der Waals surface area contributed by atoms with Crippen LogP contribution in [0, 0.1) is 6.92 Å². The van der Waals surface area contributed by atoms with Crippen LogP contribution in [0.4, 0.5) is 13.2 Å². The number of halogens is 5. The first-order valence-corrected chi connectivity index (χ1v) is 11.6. The molecule has 1 saturated heterocycles. The van der Waals surface area contributed by atoms with Crippen molar-refractivity contribution in [2.24, 2.45) is 5.16 Å². The molecule has 1 unspecified atom stereocenters. The Morgan fingerprint density at radius 1 is 1.14 bits per heavy atom. The van der Waals surface area contributed by atoms with E-state index in [1.807, 2.05) is 6.92 Å². The molecule has 2 aromatic rings. The van der Waals surface area contributed by atoms with Crippen LogP contribution < -0.4 is 0 Å². The average molecular weight is 528 g/mol. The highest BCUT2D eigenvalue weighted by Crippen LogP contribution is 2.38. The summed E-state index contributed by atoms with van der Waals surface area (Å²) < 4.78 is 37.9. The summed E-state index contributed by atoms with van der Waals surface area (Å²) in [5.74, 6) is -1.13. The highest BCUT2D eigenvalue weighted by atomic mass is 35.5. The molecule has 0 N–H and O–H groups in total. The molecule has 1 fully saturated rings. The number of piperazine rings is 1. The minimum atomic E-state index is -4.48. The molecule has 0 spiro atoms. The molecular formula is C24H22Cl2F3N3O3. The third-order valence-electron chi connectivity index (χ3n) is 6.10. The fraction of sp³-hybridized carbons (Fsp3) is 0.375. The van der Waals surface area contributed by atoms with Crippen molar-refractivity contribution in [3.05, 3.63) is 68.7 Å². The normalized spacial score (nSPS) is 20.7. The van der Waals surface area contributed by atoms with E-state index < -0.39 is 36.7 Å². The van der Waals surface area contributed by atoms with Crippen LogP contribution in [-0.2, 0) is 15.2 Å². The number of hydrogen-bond acceptors (Lipinski definition) is 4. The monoisotopic (exact) mass is 527 g/mol. The predicted octanol–water partition coefficient (Wildman–Crippen LogP) is 5.19. The fourth-order valence-electron chi connectivity index (χ4n) is 4.23. The van der Waals surface area contributed by atoms with Crippen LogP contribution in [0.2, 0.25) is 10.0 Å². The van der Waals surface area contributed by atoms with Crippen molar-refractivity contribution in [2.75, 3.05) is 26.2 Å². The summed E-state index contributed by atoms with van der Waals surface area (Å²) in [6, 6.07) is 10.3. The summed E-state index contributed by atoms with van der Waals surface area (Å²) in [4.78, 5) is 32.9. The first kappa shape index (κ1) is 25.3. The van der Waals surface area contributed by atoms with Gasteiger partial charge in [-0.2, -0.15) is 13.2 Å². The van der Waals surface area contributed by atoms with Crippen LogP contribution >= 0.6 is 23.2 Å². The molecule has 11 heteroatoms. The third kappa shape index (κ3) is 5.56. The van der Waals surface area contributed by atoms with E-state index in [1.165, 1.54) is 4.90 Å².